The van der Waals surface area contributed by atoms with Gasteiger partial charge in [0.1, 0.15) is 12.1 Å². The van der Waals surface area contributed by atoms with Crippen molar-refractivity contribution in [3.63, 3.8) is 0 Å². The van der Waals surface area contributed by atoms with E-state index in [4.69, 9.17) is 0 Å². The first kappa shape index (κ1) is 25.1. The Morgan fingerprint density at radius 2 is 0.864 bits per heavy atom. The van der Waals surface area contributed by atoms with Gasteiger partial charge in [-0.25, -0.2) is 0 Å². The molecule has 0 fully saturated rings. The Labute approximate surface area is 252 Å². The minimum Gasteiger partial charge on any atom is -0.309 e. The van der Waals surface area contributed by atoms with Crippen LogP contribution in [0.4, 0.5) is 0 Å². The van der Waals surface area contributed by atoms with Crippen molar-refractivity contribution < 1.29 is 0 Å². The van der Waals surface area contributed by atoms with Gasteiger partial charge in [-0.3, -0.25) is 0 Å². The second-order valence-electron chi connectivity index (χ2n) is 10.7. The number of hydrogen-bond acceptors (Lipinski definition) is 3. The van der Waals surface area contributed by atoms with Crippen LogP contribution >= 0.6 is 0 Å². The average Bonchev–Trinajstić information content (AvgIpc) is 3.60. The predicted molar refractivity (Wildman–Crippen MR) is 175 cm³/mol. The minimum atomic E-state index is 0.270. The van der Waals surface area contributed by atoms with Crippen molar-refractivity contribution in [2.45, 2.75) is 0 Å². The maximum absolute atomic E-state index is 10.5. The van der Waals surface area contributed by atoms with E-state index in [-0.39, 0.29) is 11.1 Å². The molecule has 0 aliphatic carbocycles. The van der Waals surface area contributed by atoms with E-state index in [1.807, 2.05) is 84.9 Å². The highest BCUT2D eigenvalue weighted by molar-refractivity contribution is 6.11. The molecule has 0 aliphatic rings. The van der Waals surface area contributed by atoms with Gasteiger partial charge < -0.3 is 9.13 Å². The van der Waals surface area contributed by atoms with Crippen molar-refractivity contribution in [2.75, 3.05) is 0 Å². The van der Waals surface area contributed by atoms with Crippen LogP contribution in [0.2, 0.25) is 0 Å². The van der Waals surface area contributed by atoms with Gasteiger partial charge in [-0.2, -0.15) is 15.8 Å². The highest BCUT2D eigenvalue weighted by atomic mass is 15.0. The van der Waals surface area contributed by atoms with E-state index in [0.717, 1.165) is 49.3 Å². The van der Waals surface area contributed by atoms with Crippen molar-refractivity contribution in [1.29, 1.82) is 15.8 Å². The maximum atomic E-state index is 10.5. The monoisotopic (exact) mass is 559 g/mol. The smallest absolute Gasteiger partial charge is 0.103 e. The molecule has 8 rings (SSSR count). The Morgan fingerprint density at radius 3 is 1.34 bits per heavy atom. The molecule has 8 aromatic rings. The summed E-state index contributed by atoms with van der Waals surface area (Å²) >= 11 is 0. The predicted octanol–water partition coefficient (Wildman–Crippen LogP) is 9.16. The van der Waals surface area contributed by atoms with E-state index >= 15 is 0 Å². The molecule has 0 saturated carbocycles. The first-order chi connectivity index (χ1) is 21.7. The largest absolute Gasteiger partial charge is 0.309 e. The molecule has 5 heteroatoms. The fourth-order valence-corrected chi connectivity index (χ4v) is 6.61. The van der Waals surface area contributed by atoms with Gasteiger partial charge in [-0.1, -0.05) is 84.9 Å². The molecule has 2 aromatic heterocycles. The first-order valence-electron chi connectivity index (χ1n) is 14.2. The van der Waals surface area contributed by atoms with Gasteiger partial charge in [0.15, 0.2) is 0 Å². The molecule has 44 heavy (non-hydrogen) atoms. The van der Waals surface area contributed by atoms with Crippen LogP contribution in [0.3, 0.4) is 0 Å². The van der Waals surface area contributed by atoms with E-state index < -0.39 is 0 Å². The number of rotatable bonds is 3. The Kier molecular flexibility index (Phi) is 5.56. The van der Waals surface area contributed by atoms with Crippen molar-refractivity contribution in [3.05, 3.63) is 144 Å². The van der Waals surface area contributed by atoms with E-state index in [1.165, 1.54) is 0 Å². The summed E-state index contributed by atoms with van der Waals surface area (Å²) in [5.74, 6) is 0. The molecule has 6 aromatic carbocycles. The van der Waals surface area contributed by atoms with Crippen LogP contribution in [-0.4, -0.2) is 9.13 Å². The molecule has 0 amide bonds. The second kappa shape index (κ2) is 9.74. The van der Waals surface area contributed by atoms with Gasteiger partial charge in [0.25, 0.3) is 0 Å². The van der Waals surface area contributed by atoms with Crippen molar-refractivity contribution in [3.8, 4) is 40.7 Å². The molecule has 0 bridgehead atoms. The summed E-state index contributed by atoms with van der Waals surface area (Å²) in [7, 11) is 0. The third-order valence-corrected chi connectivity index (χ3v) is 8.47. The molecular weight excluding hydrogens is 538 g/mol. The Balaban J connectivity index is 1.44. The maximum Gasteiger partial charge on any atom is 0.103 e. The molecule has 2 heterocycles. The van der Waals surface area contributed by atoms with E-state index in [1.54, 1.807) is 6.07 Å². The summed E-state index contributed by atoms with van der Waals surface area (Å²) < 4.78 is 4.24. The summed E-state index contributed by atoms with van der Waals surface area (Å²) in [4.78, 5) is 0. The number of para-hydroxylation sites is 4. The molecule has 0 N–H and O–H groups in total. The standard InChI is InChI=1S/C39H21N5/c40-22-25-17-19-33(39(34(25)24-42)44-37-15-7-3-11-31(37)32-12-4-8-16-38(32)44)28-20-18-27(21-26(28)23-41)43-35-13-5-1-9-29(35)30-10-2-6-14-36(30)43/h1-21H. The van der Waals surface area contributed by atoms with Crippen LogP contribution < -0.4 is 0 Å². The van der Waals surface area contributed by atoms with E-state index in [0.29, 0.717) is 22.4 Å². The van der Waals surface area contributed by atoms with Gasteiger partial charge in [-0.05, 0) is 42.5 Å². The number of aromatic nitrogens is 2. The van der Waals surface area contributed by atoms with Crippen molar-refractivity contribution in [2.24, 2.45) is 0 Å². The van der Waals surface area contributed by atoms with Gasteiger partial charge in [0.2, 0.25) is 0 Å². The van der Waals surface area contributed by atoms with Gasteiger partial charge >= 0.3 is 0 Å². The molecule has 0 saturated heterocycles. The van der Waals surface area contributed by atoms with Crippen LogP contribution in [0.15, 0.2) is 127 Å². The van der Waals surface area contributed by atoms with E-state index in [9.17, 15) is 15.8 Å². The fourth-order valence-electron chi connectivity index (χ4n) is 6.61. The molecule has 202 valence electrons. The highest BCUT2D eigenvalue weighted by Gasteiger charge is 2.23. The molecule has 0 spiro atoms. The molecule has 0 aliphatic heterocycles. The van der Waals surface area contributed by atoms with Gasteiger partial charge in [0.05, 0.1) is 50.5 Å². The number of fused-ring (bicyclic) bond motifs is 6. The number of hydrogen-bond donors (Lipinski definition) is 0. The Hall–Kier alpha value is -6.61. The Morgan fingerprint density at radius 1 is 0.409 bits per heavy atom. The van der Waals surface area contributed by atoms with Crippen LogP contribution in [0.5, 0.6) is 0 Å². The number of benzene rings is 6. The molecule has 0 radical (unpaired) electrons. The summed E-state index contributed by atoms with van der Waals surface area (Å²) in [5.41, 5.74) is 7.83. The Bertz CT molecular complexity index is 2490. The topological polar surface area (TPSA) is 81.2 Å². The molecule has 0 unspecified atom stereocenters. The van der Waals surface area contributed by atoms with E-state index in [2.05, 4.69) is 63.7 Å². The van der Waals surface area contributed by atoms with Gasteiger partial charge in [0, 0.05) is 38.4 Å². The summed E-state index contributed by atoms with van der Waals surface area (Å²) in [5, 5.41) is 35.4. The highest BCUT2D eigenvalue weighted by Crippen LogP contribution is 2.40. The zero-order valence-electron chi connectivity index (χ0n) is 23.4. The average molecular weight is 560 g/mol. The third-order valence-electron chi connectivity index (χ3n) is 8.47. The van der Waals surface area contributed by atoms with Gasteiger partial charge in [-0.15, -0.1) is 0 Å². The lowest BCUT2D eigenvalue weighted by Crippen LogP contribution is -2.04. The normalized spacial score (nSPS) is 11.1. The third kappa shape index (κ3) is 3.50. The zero-order valence-corrected chi connectivity index (χ0v) is 23.4. The minimum absolute atomic E-state index is 0.270. The number of nitriles is 3. The van der Waals surface area contributed by atoms with Crippen LogP contribution in [0.25, 0.3) is 66.1 Å². The SMILES string of the molecule is N#Cc1cc(-n2c3ccccc3c3ccccc32)ccc1-c1ccc(C#N)c(C#N)c1-n1c2ccccc2c2ccccc21. The fraction of sp³-hybridized carbons (Fsp3) is 0. The van der Waals surface area contributed by atoms with Crippen LogP contribution in [0, 0.1) is 34.0 Å². The summed E-state index contributed by atoms with van der Waals surface area (Å²) in [6, 6.07) is 49.0. The lowest BCUT2D eigenvalue weighted by atomic mass is 9.93. The van der Waals surface area contributed by atoms with Crippen molar-refractivity contribution >= 4 is 43.6 Å². The van der Waals surface area contributed by atoms with Crippen molar-refractivity contribution in [1.82, 2.24) is 9.13 Å². The van der Waals surface area contributed by atoms with Crippen LogP contribution in [-0.2, 0) is 0 Å². The quantitative estimate of drug-likeness (QED) is 0.216. The summed E-state index contributed by atoms with van der Waals surface area (Å²) in [6.45, 7) is 0. The molecular formula is C39H21N5. The second-order valence-corrected chi connectivity index (χ2v) is 10.7. The lowest BCUT2D eigenvalue weighted by molar-refractivity contribution is 1.16. The molecule has 5 nitrogen and oxygen atoms in total. The number of nitrogens with zero attached hydrogens (tertiary/aromatic N) is 5. The lowest BCUT2D eigenvalue weighted by Gasteiger charge is -2.18. The first-order valence-corrected chi connectivity index (χ1v) is 14.2. The van der Waals surface area contributed by atoms with Crippen LogP contribution in [0.1, 0.15) is 16.7 Å². The molecule has 0 atom stereocenters. The zero-order chi connectivity index (χ0) is 29.8. The summed E-state index contributed by atoms with van der Waals surface area (Å²) in [6.07, 6.45) is 0.